The van der Waals surface area contributed by atoms with Crippen molar-refractivity contribution in [3.63, 3.8) is 0 Å². The molecule has 2 N–H and O–H groups in total. The number of thiophene rings is 1. The summed E-state index contributed by atoms with van der Waals surface area (Å²) in [5.74, 6) is 0. The minimum Gasteiger partial charge on any atom is -0.396 e. The second kappa shape index (κ2) is 7.75. The number of pyridine rings is 1. The van der Waals surface area contributed by atoms with Gasteiger partial charge in [-0.15, -0.1) is 11.3 Å². The highest BCUT2D eigenvalue weighted by atomic mass is 79.9. The average Bonchev–Trinajstić information content (AvgIpc) is 3.07. The maximum Gasteiger partial charge on any atom is 0.275 e. The highest BCUT2D eigenvalue weighted by molar-refractivity contribution is 9.10. The monoisotopic (exact) mass is 444 g/mol. The SMILES string of the molecule is O=c1c2sc3nccc(NCCCCO)c3c2ncn1-c1ccc(Br)cc1. The molecule has 4 aromatic rings. The Labute approximate surface area is 167 Å². The van der Waals surface area contributed by atoms with Crippen molar-refractivity contribution in [1.29, 1.82) is 0 Å². The van der Waals surface area contributed by atoms with Gasteiger partial charge in [0.05, 0.1) is 16.6 Å². The minimum absolute atomic E-state index is 0.100. The second-order valence-corrected chi connectivity index (χ2v) is 7.99. The van der Waals surface area contributed by atoms with Crippen molar-refractivity contribution in [1.82, 2.24) is 14.5 Å². The van der Waals surface area contributed by atoms with E-state index >= 15 is 0 Å². The van der Waals surface area contributed by atoms with Crippen LogP contribution < -0.4 is 10.9 Å². The molecule has 0 aliphatic rings. The molecule has 3 aromatic heterocycles. The first kappa shape index (κ1) is 18.1. The summed E-state index contributed by atoms with van der Waals surface area (Å²) >= 11 is 4.77. The van der Waals surface area contributed by atoms with E-state index in [1.165, 1.54) is 11.3 Å². The summed E-state index contributed by atoms with van der Waals surface area (Å²) in [6.07, 6.45) is 4.93. The van der Waals surface area contributed by atoms with E-state index in [1.807, 2.05) is 30.3 Å². The molecule has 6 nitrogen and oxygen atoms in total. The Morgan fingerprint density at radius 3 is 2.74 bits per heavy atom. The summed E-state index contributed by atoms with van der Waals surface area (Å²) in [6.45, 7) is 0.930. The van der Waals surface area contributed by atoms with Gasteiger partial charge >= 0.3 is 0 Å². The van der Waals surface area contributed by atoms with Crippen LogP contribution in [-0.4, -0.2) is 32.8 Å². The summed E-state index contributed by atoms with van der Waals surface area (Å²) < 4.78 is 3.10. The summed E-state index contributed by atoms with van der Waals surface area (Å²) in [4.78, 5) is 22.8. The minimum atomic E-state index is -0.100. The van der Waals surface area contributed by atoms with Crippen LogP contribution in [0.1, 0.15) is 12.8 Å². The summed E-state index contributed by atoms with van der Waals surface area (Å²) in [5.41, 5.74) is 2.26. The van der Waals surface area contributed by atoms with E-state index in [4.69, 9.17) is 5.11 Å². The van der Waals surface area contributed by atoms with Gasteiger partial charge in [0.15, 0.2) is 0 Å². The van der Waals surface area contributed by atoms with Crippen LogP contribution in [-0.2, 0) is 0 Å². The third-order valence-corrected chi connectivity index (χ3v) is 5.89. The highest BCUT2D eigenvalue weighted by Gasteiger charge is 2.16. The molecule has 0 radical (unpaired) electrons. The number of aromatic nitrogens is 3. The standard InChI is InChI=1S/C19H17BrN4O2S/c20-12-3-5-13(6-4-12)24-11-23-16-15-14(21-8-1-2-10-25)7-9-22-18(15)27-17(16)19(24)26/h3-7,9,11,25H,1-2,8,10H2,(H,21,22). The zero-order chi connectivity index (χ0) is 18.8. The predicted octanol–water partition coefficient (Wildman–Crippen LogP) is 3.94. The first-order valence-corrected chi connectivity index (χ1v) is 10.2. The van der Waals surface area contributed by atoms with Gasteiger partial charge in [0.2, 0.25) is 0 Å². The van der Waals surface area contributed by atoms with Gasteiger partial charge < -0.3 is 10.4 Å². The molecular formula is C19H17BrN4O2S. The van der Waals surface area contributed by atoms with Gasteiger partial charge in [0.25, 0.3) is 5.56 Å². The van der Waals surface area contributed by atoms with Crippen LogP contribution >= 0.6 is 27.3 Å². The van der Waals surface area contributed by atoms with Crippen LogP contribution in [0.25, 0.3) is 26.1 Å². The van der Waals surface area contributed by atoms with Crippen LogP contribution in [0.4, 0.5) is 5.69 Å². The lowest BCUT2D eigenvalue weighted by Crippen LogP contribution is -2.17. The summed E-state index contributed by atoms with van der Waals surface area (Å²) in [6, 6.07) is 9.44. The average molecular weight is 445 g/mol. The second-order valence-electron chi connectivity index (χ2n) is 6.07. The number of anilines is 1. The molecule has 4 rings (SSSR count). The van der Waals surface area contributed by atoms with E-state index < -0.39 is 0 Å². The molecule has 0 bridgehead atoms. The summed E-state index contributed by atoms with van der Waals surface area (Å²) in [7, 11) is 0. The molecular weight excluding hydrogens is 428 g/mol. The lowest BCUT2D eigenvalue weighted by Gasteiger charge is -2.08. The highest BCUT2D eigenvalue weighted by Crippen LogP contribution is 2.34. The Morgan fingerprint density at radius 2 is 1.96 bits per heavy atom. The van der Waals surface area contributed by atoms with Gasteiger partial charge in [-0.25, -0.2) is 9.97 Å². The summed E-state index contributed by atoms with van der Waals surface area (Å²) in [5, 5.41) is 13.2. The molecule has 0 unspecified atom stereocenters. The fourth-order valence-electron chi connectivity index (χ4n) is 2.95. The first-order chi connectivity index (χ1) is 13.2. The molecule has 0 amide bonds. The number of aliphatic hydroxyl groups excluding tert-OH is 1. The number of nitrogens with one attached hydrogen (secondary N) is 1. The lowest BCUT2D eigenvalue weighted by atomic mass is 10.2. The predicted molar refractivity (Wildman–Crippen MR) is 113 cm³/mol. The Morgan fingerprint density at radius 1 is 1.15 bits per heavy atom. The van der Waals surface area contributed by atoms with Crippen LogP contribution in [0.5, 0.6) is 0 Å². The molecule has 8 heteroatoms. The van der Waals surface area contributed by atoms with Crippen LogP contribution in [0.2, 0.25) is 0 Å². The van der Waals surface area contributed by atoms with E-state index in [1.54, 1.807) is 17.1 Å². The topological polar surface area (TPSA) is 80.0 Å². The van der Waals surface area contributed by atoms with Crippen molar-refractivity contribution < 1.29 is 5.11 Å². The van der Waals surface area contributed by atoms with Gasteiger partial charge in [-0.05, 0) is 43.2 Å². The largest absolute Gasteiger partial charge is 0.396 e. The van der Waals surface area contributed by atoms with Gasteiger partial charge in [0.1, 0.15) is 15.9 Å². The zero-order valence-corrected chi connectivity index (χ0v) is 16.8. The molecule has 0 aliphatic heterocycles. The number of halogens is 1. The quantitative estimate of drug-likeness (QED) is 0.440. The van der Waals surface area contributed by atoms with Crippen LogP contribution in [0.3, 0.4) is 0 Å². The Kier molecular flexibility index (Phi) is 5.20. The fourth-order valence-corrected chi connectivity index (χ4v) is 4.26. The van der Waals surface area contributed by atoms with Crippen molar-refractivity contribution in [2.75, 3.05) is 18.5 Å². The van der Waals surface area contributed by atoms with Crippen molar-refractivity contribution in [2.24, 2.45) is 0 Å². The van der Waals surface area contributed by atoms with E-state index in [-0.39, 0.29) is 12.2 Å². The number of hydrogen-bond acceptors (Lipinski definition) is 6. The van der Waals surface area contributed by atoms with E-state index in [0.29, 0.717) is 10.2 Å². The molecule has 3 heterocycles. The maximum absolute atomic E-state index is 13.0. The number of fused-ring (bicyclic) bond motifs is 3. The molecule has 0 saturated carbocycles. The third kappa shape index (κ3) is 3.47. The number of hydrogen-bond donors (Lipinski definition) is 2. The van der Waals surface area contributed by atoms with Gasteiger partial charge in [-0.1, -0.05) is 15.9 Å². The Bertz CT molecular complexity index is 1150. The molecule has 0 saturated heterocycles. The van der Waals surface area contributed by atoms with Crippen LogP contribution in [0.15, 0.2) is 52.1 Å². The van der Waals surface area contributed by atoms with Gasteiger partial charge in [0, 0.05) is 29.5 Å². The molecule has 27 heavy (non-hydrogen) atoms. The molecule has 1 aromatic carbocycles. The molecule has 138 valence electrons. The van der Waals surface area contributed by atoms with E-state index in [2.05, 4.69) is 31.2 Å². The molecule has 0 atom stereocenters. The third-order valence-electron chi connectivity index (χ3n) is 4.29. The number of nitrogens with zero attached hydrogens (tertiary/aromatic N) is 3. The number of rotatable bonds is 6. The van der Waals surface area contributed by atoms with Crippen molar-refractivity contribution in [3.05, 3.63) is 57.7 Å². The molecule has 0 spiro atoms. The molecule has 0 aliphatic carbocycles. The van der Waals surface area contributed by atoms with Crippen LogP contribution in [0, 0.1) is 0 Å². The normalized spacial score (nSPS) is 11.3. The van der Waals surface area contributed by atoms with Gasteiger partial charge in [-0.2, -0.15) is 0 Å². The lowest BCUT2D eigenvalue weighted by molar-refractivity contribution is 0.286. The molecule has 0 fully saturated rings. The Balaban J connectivity index is 1.81. The van der Waals surface area contributed by atoms with Crippen molar-refractivity contribution >= 4 is 53.4 Å². The van der Waals surface area contributed by atoms with E-state index in [0.717, 1.165) is 45.5 Å². The Hall–Kier alpha value is -2.29. The zero-order valence-electron chi connectivity index (χ0n) is 14.4. The number of aliphatic hydroxyl groups is 1. The van der Waals surface area contributed by atoms with Crippen molar-refractivity contribution in [3.8, 4) is 5.69 Å². The number of unbranched alkanes of at least 4 members (excludes halogenated alkanes) is 1. The maximum atomic E-state index is 13.0. The van der Waals surface area contributed by atoms with Crippen molar-refractivity contribution in [2.45, 2.75) is 12.8 Å². The number of benzene rings is 1. The van der Waals surface area contributed by atoms with Gasteiger partial charge in [-0.3, -0.25) is 9.36 Å². The smallest absolute Gasteiger partial charge is 0.275 e. The fraction of sp³-hybridized carbons (Fsp3) is 0.211. The van der Waals surface area contributed by atoms with E-state index in [9.17, 15) is 4.79 Å². The first-order valence-electron chi connectivity index (χ1n) is 8.58.